The van der Waals surface area contributed by atoms with Crippen LogP contribution in [0.5, 0.6) is 11.5 Å². The predicted molar refractivity (Wildman–Crippen MR) is 93.9 cm³/mol. The molecule has 1 aliphatic rings. The third kappa shape index (κ3) is 2.86. The second-order valence-corrected chi connectivity index (χ2v) is 5.47. The number of nitrogens with two attached hydrogens (primary N) is 1. The van der Waals surface area contributed by atoms with Gasteiger partial charge in [0.05, 0.1) is 27.4 Å². The van der Waals surface area contributed by atoms with Crippen molar-refractivity contribution in [2.75, 3.05) is 40.3 Å². The summed E-state index contributed by atoms with van der Waals surface area (Å²) >= 11 is 0. The fraction of sp³-hybridized carbons (Fsp3) is 0.333. The van der Waals surface area contributed by atoms with E-state index in [0.717, 1.165) is 27.6 Å². The van der Waals surface area contributed by atoms with Gasteiger partial charge >= 0.3 is 0 Å². The first kappa shape index (κ1) is 16.4. The molecule has 2 aromatic carbocycles. The van der Waals surface area contributed by atoms with Crippen LogP contribution >= 0.6 is 0 Å². The minimum atomic E-state index is 0.457. The van der Waals surface area contributed by atoms with Crippen LogP contribution in [0.3, 0.4) is 0 Å². The molecule has 2 aromatic rings. The zero-order chi connectivity index (χ0) is 17.1. The summed E-state index contributed by atoms with van der Waals surface area (Å²) < 4.78 is 16.4. The van der Waals surface area contributed by atoms with E-state index in [-0.39, 0.29) is 0 Å². The lowest BCUT2D eigenvalue weighted by atomic mass is 9.96. The lowest BCUT2D eigenvalue weighted by Crippen LogP contribution is -2.19. The molecule has 0 unspecified atom stereocenters. The second kappa shape index (κ2) is 6.98. The molecule has 0 radical (unpaired) electrons. The fourth-order valence-corrected chi connectivity index (χ4v) is 2.92. The second-order valence-electron chi connectivity index (χ2n) is 5.47. The molecule has 0 spiro atoms. The minimum Gasteiger partial charge on any atom is -0.492 e. The van der Waals surface area contributed by atoms with Gasteiger partial charge in [0.25, 0.3) is 0 Å². The largest absolute Gasteiger partial charge is 0.492 e. The molecule has 0 aliphatic carbocycles. The van der Waals surface area contributed by atoms with Crippen molar-refractivity contribution in [1.82, 2.24) is 5.06 Å². The molecule has 0 fully saturated rings. The first-order chi connectivity index (χ1) is 11.7. The Morgan fingerprint density at radius 3 is 2.67 bits per heavy atom. The van der Waals surface area contributed by atoms with Crippen LogP contribution in [0.1, 0.15) is 11.1 Å². The highest BCUT2D eigenvalue weighted by atomic mass is 16.7. The topological polar surface area (TPSA) is 66.2 Å². The maximum Gasteiger partial charge on any atom is 0.168 e. The molecule has 128 valence electrons. The van der Waals surface area contributed by atoms with Gasteiger partial charge in [0.1, 0.15) is 6.61 Å². The molecule has 0 saturated carbocycles. The van der Waals surface area contributed by atoms with E-state index in [1.807, 2.05) is 24.4 Å². The maximum absolute atomic E-state index is 6.40. The summed E-state index contributed by atoms with van der Waals surface area (Å²) in [4.78, 5) is 5.28. The number of rotatable bonds is 6. The zero-order valence-electron chi connectivity index (χ0n) is 14.2. The lowest BCUT2D eigenvalue weighted by Gasteiger charge is -2.25. The molecular weight excluding hydrogens is 308 g/mol. The third-order valence-corrected chi connectivity index (χ3v) is 4.12. The summed E-state index contributed by atoms with van der Waals surface area (Å²) in [7, 11) is 4.92. The van der Waals surface area contributed by atoms with Gasteiger partial charge in [-0.2, -0.15) is 0 Å². The van der Waals surface area contributed by atoms with Crippen molar-refractivity contribution in [3.05, 3.63) is 35.5 Å². The smallest absolute Gasteiger partial charge is 0.168 e. The Morgan fingerprint density at radius 2 is 1.96 bits per heavy atom. The molecule has 24 heavy (non-hydrogen) atoms. The minimum absolute atomic E-state index is 0.457. The van der Waals surface area contributed by atoms with Gasteiger partial charge in [0.15, 0.2) is 11.5 Å². The number of ether oxygens (including phenoxy) is 3. The Labute approximate surface area is 141 Å². The van der Waals surface area contributed by atoms with E-state index in [0.29, 0.717) is 31.3 Å². The normalized spacial score (nSPS) is 13.2. The number of fused-ring (bicyclic) bond motifs is 2. The van der Waals surface area contributed by atoms with Gasteiger partial charge in [-0.1, -0.05) is 0 Å². The summed E-state index contributed by atoms with van der Waals surface area (Å²) in [5.41, 5.74) is 9.23. The quantitative estimate of drug-likeness (QED) is 0.649. The highest BCUT2D eigenvalue weighted by Crippen LogP contribution is 2.41. The highest BCUT2D eigenvalue weighted by molar-refractivity contribution is 6.02. The van der Waals surface area contributed by atoms with Gasteiger partial charge in [-0.15, -0.1) is 0 Å². The molecule has 0 atom stereocenters. The first-order valence-corrected chi connectivity index (χ1v) is 7.72. The van der Waals surface area contributed by atoms with Crippen LogP contribution in [-0.2, 0) is 16.1 Å². The van der Waals surface area contributed by atoms with Crippen molar-refractivity contribution in [1.29, 1.82) is 0 Å². The monoisotopic (exact) mass is 330 g/mol. The van der Waals surface area contributed by atoms with E-state index in [9.17, 15) is 0 Å². The van der Waals surface area contributed by atoms with Gasteiger partial charge in [-0.25, -0.2) is 0 Å². The molecule has 0 bridgehead atoms. The van der Waals surface area contributed by atoms with E-state index in [1.165, 1.54) is 0 Å². The Balaban J connectivity index is 2.10. The van der Waals surface area contributed by atoms with Crippen LogP contribution < -0.4 is 15.2 Å². The van der Waals surface area contributed by atoms with Crippen LogP contribution in [0.15, 0.2) is 24.4 Å². The third-order valence-electron chi connectivity index (χ3n) is 4.12. The van der Waals surface area contributed by atoms with Crippen LogP contribution in [0.4, 0.5) is 5.69 Å². The van der Waals surface area contributed by atoms with Crippen LogP contribution in [-0.4, -0.2) is 39.6 Å². The number of nitrogens with zero attached hydrogens (tertiary/aromatic N) is 1. The number of hydroxylamine groups is 2. The highest BCUT2D eigenvalue weighted by Gasteiger charge is 2.19. The van der Waals surface area contributed by atoms with E-state index in [2.05, 4.69) is 6.07 Å². The van der Waals surface area contributed by atoms with E-state index in [4.69, 9.17) is 24.8 Å². The molecule has 0 saturated heterocycles. The fourth-order valence-electron chi connectivity index (χ4n) is 2.92. The Morgan fingerprint density at radius 1 is 1.12 bits per heavy atom. The molecule has 6 heteroatoms. The van der Waals surface area contributed by atoms with E-state index < -0.39 is 0 Å². The van der Waals surface area contributed by atoms with Gasteiger partial charge in [0.2, 0.25) is 0 Å². The number of anilines is 1. The molecule has 3 rings (SSSR count). The Bertz CT molecular complexity index is 773. The van der Waals surface area contributed by atoms with Crippen molar-refractivity contribution in [2.24, 2.45) is 0 Å². The molecule has 0 aromatic heterocycles. The molecular formula is C18H22N2O4. The summed E-state index contributed by atoms with van der Waals surface area (Å²) in [6.45, 7) is 1.60. The molecule has 1 aliphatic heterocycles. The number of hydrogen-bond donors (Lipinski definition) is 1. The number of methoxy groups -OCH3 is 2. The summed E-state index contributed by atoms with van der Waals surface area (Å²) in [6, 6.07) is 5.93. The molecule has 0 amide bonds. The first-order valence-electron chi connectivity index (χ1n) is 7.72. The van der Waals surface area contributed by atoms with Crippen molar-refractivity contribution in [2.45, 2.75) is 6.54 Å². The van der Waals surface area contributed by atoms with Crippen molar-refractivity contribution >= 4 is 22.5 Å². The van der Waals surface area contributed by atoms with E-state index in [1.54, 1.807) is 26.4 Å². The Kier molecular flexibility index (Phi) is 4.78. The standard InChI is InChI=1S/C18H22N2O4/c1-21-8-9-24-16-5-4-14-15(18(16)22-2)10-12-11-20(23-3)7-6-13(12)17(14)19/h4-7,10H,8-9,11,19H2,1-3H3. The predicted octanol–water partition coefficient (Wildman–Crippen LogP) is 2.80. The van der Waals surface area contributed by atoms with Gasteiger partial charge in [-0.05, 0) is 29.8 Å². The van der Waals surface area contributed by atoms with E-state index >= 15 is 0 Å². The summed E-state index contributed by atoms with van der Waals surface area (Å²) in [5, 5.41) is 3.62. The van der Waals surface area contributed by atoms with Crippen LogP contribution in [0, 0.1) is 0 Å². The molecule has 1 heterocycles. The molecule has 2 N–H and O–H groups in total. The van der Waals surface area contributed by atoms with Crippen LogP contribution in [0.2, 0.25) is 0 Å². The van der Waals surface area contributed by atoms with Crippen molar-refractivity contribution in [3.63, 3.8) is 0 Å². The summed E-state index contributed by atoms with van der Waals surface area (Å²) in [6.07, 6.45) is 3.84. The van der Waals surface area contributed by atoms with Crippen LogP contribution in [0.25, 0.3) is 16.8 Å². The lowest BCUT2D eigenvalue weighted by molar-refractivity contribution is -0.0953. The number of nitrogen functional groups attached to an aromatic ring is 1. The van der Waals surface area contributed by atoms with Gasteiger partial charge in [0, 0.05) is 35.3 Å². The average Bonchev–Trinajstić information content (AvgIpc) is 2.61. The van der Waals surface area contributed by atoms with Gasteiger partial charge < -0.3 is 19.9 Å². The molecule has 6 nitrogen and oxygen atoms in total. The summed E-state index contributed by atoms with van der Waals surface area (Å²) in [5.74, 6) is 1.35. The maximum atomic E-state index is 6.40. The number of hydrogen-bond acceptors (Lipinski definition) is 6. The zero-order valence-corrected chi connectivity index (χ0v) is 14.2. The van der Waals surface area contributed by atoms with Crippen molar-refractivity contribution < 1.29 is 19.0 Å². The Hall–Kier alpha value is -2.44. The average molecular weight is 330 g/mol. The van der Waals surface area contributed by atoms with Crippen molar-refractivity contribution in [3.8, 4) is 11.5 Å². The SMILES string of the molecule is COCCOc1ccc2c(N)c3c(cc2c1OC)CN(OC)C=C3. The number of benzene rings is 2. The van der Waals surface area contributed by atoms with Gasteiger partial charge in [-0.3, -0.25) is 9.90 Å².